The van der Waals surface area contributed by atoms with Crippen molar-refractivity contribution >= 4 is 17.6 Å². The predicted octanol–water partition coefficient (Wildman–Crippen LogP) is 4.60. The predicted molar refractivity (Wildman–Crippen MR) is 90.7 cm³/mol. The molecular weight excluding hydrogens is 328 g/mol. The van der Waals surface area contributed by atoms with Gasteiger partial charge in [-0.2, -0.15) is 4.98 Å². The molecule has 0 radical (unpaired) electrons. The van der Waals surface area contributed by atoms with Crippen molar-refractivity contribution < 1.29 is 14.6 Å². The van der Waals surface area contributed by atoms with E-state index in [1.807, 2.05) is 37.3 Å². The zero-order valence-corrected chi connectivity index (χ0v) is 13.5. The van der Waals surface area contributed by atoms with E-state index in [0.29, 0.717) is 16.6 Å². The number of rotatable bonds is 4. The molecule has 1 N–H and O–H groups in total. The van der Waals surface area contributed by atoms with Crippen molar-refractivity contribution in [2.24, 2.45) is 0 Å². The number of nitrogens with zero attached hydrogens (tertiary/aromatic N) is 2. The average molecular weight is 341 g/mol. The molecule has 1 heterocycles. The topological polar surface area (TPSA) is 72.3 Å². The number of carbonyl (C=O) groups is 1. The molecule has 0 amide bonds. The second-order valence-corrected chi connectivity index (χ2v) is 5.53. The van der Waals surface area contributed by atoms with Crippen LogP contribution in [0.25, 0.3) is 11.4 Å². The van der Waals surface area contributed by atoms with E-state index in [-0.39, 0.29) is 11.4 Å². The molecule has 5 nitrogen and oxygen atoms in total. The molecule has 0 saturated heterocycles. The number of carboxylic acid groups (broad SMARTS) is 1. The molecular formula is C18H13ClN2O3. The third-order valence-corrected chi connectivity index (χ3v) is 3.61. The van der Waals surface area contributed by atoms with Crippen LogP contribution >= 0.6 is 11.6 Å². The fraction of sp³-hybridized carbons (Fsp3) is 0.0556. The van der Waals surface area contributed by atoms with Gasteiger partial charge in [-0.05, 0) is 24.6 Å². The molecule has 0 atom stereocenters. The average Bonchev–Trinajstić information content (AvgIpc) is 2.58. The Balaban J connectivity index is 2.07. The van der Waals surface area contributed by atoms with E-state index in [1.165, 1.54) is 6.20 Å². The molecule has 3 aromatic rings. The minimum absolute atomic E-state index is 0.0262. The Morgan fingerprint density at radius 1 is 1.17 bits per heavy atom. The molecule has 0 aliphatic heterocycles. The van der Waals surface area contributed by atoms with Crippen molar-refractivity contribution in [3.05, 3.63) is 70.9 Å². The van der Waals surface area contributed by atoms with E-state index < -0.39 is 5.97 Å². The van der Waals surface area contributed by atoms with E-state index in [0.717, 1.165) is 11.1 Å². The number of halogens is 1. The van der Waals surface area contributed by atoms with Gasteiger partial charge in [-0.1, -0.05) is 48.0 Å². The SMILES string of the molecule is Cc1ccc(Cl)cc1Oc1nc(-c2ccccc2)ncc1C(=O)O. The van der Waals surface area contributed by atoms with Gasteiger partial charge in [-0.25, -0.2) is 9.78 Å². The fourth-order valence-corrected chi connectivity index (χ4v) is 2.27. The number of ether oxygens (including phenoxy) is 1. The standard InChI is InChI=1S/C18H13ClN2O3/c1-11-7-8-13(19)9-15(11)24-17-14(18(22)23)10-20-16(21-17)12-5-3-2-4-6-12/h2-10H,1H3,(H,22,23). The van der Waals surface area contributed by atoms with Gasteiger partial charge in [-0.15, -0.1) is 0 Å². The Labute approximate surface area is 143 Å². The molecule has 6 heteroatoms. The zero-order valence-electron chi connectivity index (χ0n) is 12.7. The summed E-state index contributed by atoms with van der Waals surface area (Å²) in [5.41, 5.74) is 1.46. The van der Waals surface area contributed by atoms with Crippen LogP contribution in [-0.4, -0.2) is 21.0 Å². The van der Waals surface area contributed by atoms with E-state index >= 15 is 0 Å². The van der Waals surface area contributed by atoms with Crippen LogP contribution in [0, 0.1) is 6.92 Å². The zero-order chi connectivity index (χ0) is 17.1. The van der Waals surface area contributed by atoms with Crippen molar-refractivity contribution in [2.75, 3.05) is 0 Å². The first kappa shape index (κ1) is 16.0. The second-order valence-electron chi connectivity index (χ2n) is 5.10. The highest BCUT2D eigenvalue weighted by Gasteiger charge is 2.17. The summed E-state index contributed by atoms with van der Waals surface area (Å²) in [5, 5.41) is 9.83. The first-order chi connectivity index (χ1) is 11.5. The highest BCUT2D eigenvalue weighted by molar-refractivity contribution is 6.30. The summed E-state index contributed by atoms with van der Waals surface area (Å²) in [6.45, 7) is 1.84. The first-order valence-corrected chi connectivity index (χ1v) is 7.52. The van der Waals surface area contributed by atoms with Gasteiger partial charge in [0, 0.05) is 16.8 Å². The number of aryl methyl sites for hydroxylation is 1. The first-order valence-electron chi connectivity index (χ1n) is 7.14. The maximum atomic E-state index is 11.4. The lowest BCUT2D eigenvalue weighted by Crippen LogP contribution is -2.05. The summed E-state index contributed by atoms with van der Waals surface area (Å²) in [5.74, 6) is -0.357. The van der Waals surface area contributed by atoms with Crippen LogP contribution in [0.4, 0.5) is 0 Å². The van der Waals surface area contributed by atoms with Gasteiger partial charge in [0.2, 0.25) is 5.88 Å². The Bertz CT molecular complexity index is 898. The van der Waals surface area contributed by atoms with Gasteiger partial charge < -0.3 is 9.84 Å². The van der Waals surface area contributed by atoms with Crippen LogP contribution < -0.4 is 4.74 Å². The maximum absolute atomic E-state index is 11.4. The van der Waals surface area contributed by atoms with E-state index in [1.54, 1.807) is 18.2 Å². The van der Waals surface area contributed by atoms with Crippen LogP contribution in [-0.2, 0) is 0 Å². The lowest BCUT2D eigenvalue weighted by atomic mass is 10.2. The van der Waals surface area contributed by atoms with Crippen LogP contribution in [0.3, 0.4) is 0 Å². The summed E-state index contributed by atoms with van der Waals surface area (Å²) in [6.07, 6.45) is 1.24. The second kappa shape index (κ2) is 6.68. The fourth-order valence-electron chi connectivity index (χ4n) is 2.11. The summed E-state index contributed by atoms with van der Waals surface area (Å²) in [4.78, 5) is 19.8. The molecule has 0 fully saturated rings. The van der Waals surface area contributed by atoms with E-state index in [9.17, 15) is 9.90 Å². The summed E-state index contributed by atoms with van der Waals surface area (Å²) in [7, 11) is 0. The number of carboxylic acids is 1. The van der Waals surface area contributed by atoms with Crippen LogP contribution in [0.1, 0.15) is 15.9 Å². The molecule has 3 rings (SSSR count). The maximum Gasteiger partial charge on any atom is 0.342 e. The Morgan fingerprint density at radius 2 is 1.92 bits per heavy atom. The molecule has 0 bridgehead atoms. The van der Waals surface area contributed by atoms with Gasteiger partial charge in [-0.3, -0.25) is 0 Å². The van der Waals surface area contributed by atoms with Crippen molar-refractivity contribution in [3.8, 4) is 23.0 Å². The molecule has 0 spiro atoms. The molecule has 0 aliphatic carbocycles. The molecule has 120 valence electrons. The molecule has 24 heavy (non-hydrogen) atoms. The van der Waals surface area contributed by atoms with Crippen molar-refractivity contribution in [2.45, 2.75) is 6.92 Å². The molecule has 0 unspecified atom stereocenters. The summed E-state index contributed by atoms with van der Waals surface area (Å²) in [6, 6.07) is 14.4. The number of benzene rings is 2. The number of hydrogen-bond acceptors (Lipinski definition) is 4. The van der Waals surface area contributed by atoms with Crippen molar-refractivity contribution in [3.63, 3.8) is 0 Å². The monoisotopic (exact) mass is 340 g/mol. The van der Waals surface area contributed by atoms with E-state index in [2.05, 4.69) is 9.97 Å². The lowest BCUT2D eigenvalue weighted by Gasteiger charge is -2.11. The smallest absolute Gasteiger partial charge is 0.342 e. The quantitative estimate of drug-likeness (QED) is 0.751. The van der Waals surface area contributed by atoms with Gasteiger partial charge in [0.25, 0.3) is 0 Å². The summed E-state index contributed by atoms with van der Waals surface area (Å²) >= 11 is 5.98. The lowest BCUT2D eigenvalue weighted by molar-refractivity contribution is 0.0693. The largest absolute Gasteiger partial charge is 0.477 e. The van der Waals surface area contributed by atoms with Crippen LogP contribution in [0.15, 0.2) is 54.7 Å². The van der Waals surface area contributed by atoms with Gasteiger partial charge in [0.05, 0.1) is 0 Å². The Morgan fingerprint density at radius 3 is 2.62 bits per heavy atom. The summed E-state index contributed by atoms with van der Waals surface area (Å²) < 4.78 is 5.73. The van der Waals surface area contributed by atoms with Gasteiger partial charge in [0.15, 0.2) is 5.82 Å². The van der Waals surface area contributed by atoms with E-state index in [4.69, 9.17) is 16.3 Å². The van der Waals surface area contributed by atoms with Gasteiger partial charge in [0.1, 0.15) is 11.3 Å². The molecule has 0 saturated carbocycles. The van der Waals surface area contributed by atoms with Gasteiger partial charge >= 0.3 is 5.97 Å². The Kier molecular flexibility index (Phi) is 4.44. The van der Waals surface area contributed by atoms with Crippen molar-refractivity contribution in [1.82, 2.24) is 9.97 Å². The van der Waals surface area contributed by atoms with Crippen LogP contribution in [0.2, 0.25) is 5.02 Å². The van der Waals surface area contributed by atoms with Crippen LogP contribution in [0.5, 0.6) is 11.6 Å². The highest BCUT2D eigenvalue weighted by atomic mass is 35.5. The normalized spacial score (nSPS) is 10.4. The van der Waals surface area contributed by atoms with Crippen molar-refractivity contribution in [1.29, 1.82) is 0 Å². The Hall–Kier alpha value is -2.92. The molecule has 0 aliphatic rings. The number of aromatic nitrogens is 2. The minimum Gasteiger partial charge on any atom is -0.477 e. The minimum atomic E-state index is -1.16. The molecule has 2 aromatic carbocycles. The third-order valence-electron chi connectivity index (χ3n) is 3.37. The third kappa shape index (κ3) is 3.36. The number of hydrogen-bond donors (Lipinski definition) is 1. The number of aromatic carboxylic acids is 1. The highest BCUT2D eigenvalue weighted by Crippen LogP contribution is 2.30. The molecule has 1 aromatic heterocycles.